The number of hydrogen-bond acceptors (Lipinski definition) is 7. The van der Waals surface area contributed by atoms with Crippen LogP contribution in [0, 0.1) is 5.82 Å². The average molecular weight is 558 g/mol. The quantitative estimate of drug-likeness (QED) is 0.408. The zero-order chi connectivity index (χ0) is 27.4. The van der Waals surface area contributed by atoms with Crippen LogP contribution in [0.2, 0.25) is 0 Å². The molecule has 4 amide bonds. The SMILES string of the molecule is O=C(CN1C(=O)SC(=C2CCN(C(=O)c3cc(F)ccc3C(F)(F)F)CC2)C1=O)NCCN1CCNCC1. The Labute approximate surface area is 220 Å². The minimum absolute atomic E-state index is 0.0000136. The molecular formula is C24H27F4N5O4S. The molecule has 0 radical (unpaired) electrons. The number of halogens is 4. The highest BCUT2D eigenvalue weighted by molar-refractivity contribution is 8.18. The summed E-state index contributed by atoms with van der Waals surface area (Å²) in [6.45, 7) is 4.15. The molecule has 3 saturated heterocycles. The first-order valence-electron chi connectivity index (χ1n) is 12.2. The first-order valence-corrected chi connectivity index (χ1v) is 13.0. The summed E-state index contributed by atoms with van der Waals surface area (Å²) in [5, 5.41) is 5.38. The zero-order valence-corrected chi connectivity index (χ0v) is 21.2. The molecule has 0 atom stereocenters. The number of thioether (sulfide) groups is 1. The summed E-state index contributed by atoms with van der Waals surface area (Å²) < 4.78 is 53.6. The molecule has 1 aromatic carbocycles. The van der Waals surface area contributed by atoms with E-state index >= 15 is 0 Å². The number of carbonyl (C=O) groups excluding carboxylic acids is 4. The van der Waals surface area contributed by atoms with Crippen molar-refractivity contribution in [1.82, 2.24) is 25.3 Å². The van der Waals surface area contributed by atoms with Gasteiger partial charge in [0.05, 0.1) is 16.0 Å². The summed E-state index contributed by atoms with van der Waals surface area (Å²) in [5.74, 6) is -2.97. The van der Waals surface area contributed by atoms with E-state index in [4.69, 9.17) is 0 Å². The molecule has 0 spiro atoms. The van der Waals surface area contributed by atoms with Crippen molar-refractivity contribution in [3.05, 3.63) is 45.6 Å². The molecule has 0 unspecified atom stereocenters. The van der Waals surface area contributed by atoms with Crippen molar-refractivity contribution in [3.63, 3.8) is 0 Å². The van der Waals surface area contributed by atoms with Crippen molar-refractivity contribution in [2.45, 2.75) is 19.0 Å². The highest BCUT2D eigenvalue weighted by Crippen LogP contribution is 2.37. The van der Waals surface area contributed by atoms with Gasteiger partial charge in [-0.25, -0.2) is 4.39 Å². The van der Waals surface area contributed by atoms with Gasteiger partial charge in [0.15, 0.2) is 0 Å². The smallest absolute Gasteiger partial charge is 0.353 e. The average Bonchev–Trinajstić information content (AvgIpc) is 3.16. The summed E-state index contributed by atoms with van der Waals surface area (Å²) in [4.78, 5) is 54.8. The van der Waals surface area contributed by atoms with Gasteiger partial charge in [0, 0.05) is 52.4 Å². The first-order chi connectivity index (χ1) is 18.0. The van der Waals surface area contributed by atoms with E-state index in [0.29, 0.717) is 48.6 Å². The molecule has 38 heavy (non-hydrogen) atoms. The minimum Gasteiger partial charge on any atom is -0.353 e. The van der Waals surface area contributed by atoms with Gasteiger partial charge >= 0.3 is 6.18 Å². The number of hydrogen-bond donors (Lipinski definition) is 2. The molecule has 0 aliphatic carbocycles. The van der Waals surface area contributed by atoms with Gasteiger partial charge in [0.25, 0.3) is 17.1 Å². The van der Waals surface area contributed by atoms with Crippen molar-refractivity contribution in [2.24, 2.45) is 0 Å². The Hall–Kier alpha value is -2.97. The van der Waals surface area contributed by atoms with Crippen molar-refractivity contribution in [1.29, 1.82) is 0 Å². The van der Waals surface area contributed by atoms with E-state index < -0.39 is 52.6 Å². The standard InChI is InChI=1S/C24H27F4N5O4S/c25-16-1-2-18(24(26,27)28)17(13-16)21(35)32-8-3-15(4-9-32)20-22(36)33(23(37)38-20)14-19(34)30-7-12-31-10-5-29-6-11-31/h1-2,13,29H,3-12,14H2,(H,30,34). The fourth-order valence-corrected chi connectivity index (χ4v) is 5.53. The Kier molecular flexibility index (Phi) is 8.73. The summed E-state index contributed by atoms with van der Waals surface area (Å²) in [7, 11) is 0. The number of imide groups is 1. The van der Waals surface area contributed by atoms with Gasteiger partial charge in [-0.2, -0.15) is 13.2 Å². The maximum Gasteiger partial charge on any atom is 0.417 e. The molecule has 14 heteroatoms. The van der Waals surface area contributed by atoms with Gasteiger partial charge in [0.2, 0.25) is 5.91 Å². The molecule has 3 fully saturated rings. The van der Waals surface area contributed by atoms with Crippen molar-refractivity contribution in [2.75, 3.05) is 58.9 Å². The summed E-state index contributed by atoms with van der Waals surface area (Å²) in [6, 6.07) is 1.76. The van der Waals surface area contributed by atoms with Crippen LogP contribution in [0.4, 0.5) is 22.4 Å². The molecule has 3 aliphatic rings. The van der Waals surface area contributed by atoms with Crippen LogP contribution >= 0.6 is 11.8 Å². The molecule has 0 bridgehead atoms. The number of nitrogens with zero attached hydrogens (tertiary/aromatic N) is 3. The molecule has 3 aliphatic heterocycles. The second-order valence-corrected chi connectivity index (χ2v) is 10.1. The lowest BCUT2D eigenvalue weighted by molar-refractivity contribution is -0.138. The maximum atomic E-state index is 13.6. The number of rotatable bonds is 6. The summed E-state index contributed by atoms with van der Waals surface area (Å²) in [5.41, 5.74) is -1.40. The topological polar surface area (TPSA) is 102 Å². The van der Waals surface area contributed by atoms with Crippen LogP contribution < -0.4 is 10.6 Å². The zero-order valence-electron chi connectivity index (χ0n) is 20.4. The van der Waals surface area contributed by atoms with Crippen LogP contribution in [0.1, 0.15) is 28.8 Å². The predicted molar refractivity (Wildman–Crippen MR) is 131 cm³/mol. The fraction of sp³-hybridized carbons (Fsp3) is 0.500. The number of likely N-dealkylation sites (tertiary alicyclic amines) is 1. The molecular weight excluding hydrogens is 530 g/mol. The Balaban J connectivity index is 1.33. The van der Waals surface area contributed by atoms with E-state index in [-0.39, 0.29) is 30.8 Å². The normalized spacial score (nSPS) is 19.4. The van der Waals surface area contributed by atoms with Crippen LogP contribution in [0.25, 0.3) is 0 Å². The largest absolute Gasteiger partial charge is 0.417 e. The van der Waals surface area contributed by atoms with E-state index in [0.717, 1.165) is 31.1 Å². The van der Waals surface area contributed by atoms with Crippen molar-refractivity contribution < 1.29 is 36.7 Å². The number of amides is 4. The van der Waals surface area contributed by atoms with Gasteiger partial charge in [-0.05, 0) is 48.4 Å². The Bertz CT molecular complexity index is 1140. The van der Waals surface area contributed by atoms with Crippen LogP contribution in [-0.2, 0) is 15.8 Å². The lowest BCUT2D eigenvalue weighted by Crippen LogP contribution is -2.47. The van der Waals surface area contributed by atoms with Crippen LogP contribution in [0.5, 0.6) is 0 Å². The van der Waals surface area contributed by atoms with E-state index in [9.17, 15) is 36.7 Å². The number of benzene rings is 1. The summed E-state index contributed by atoms with van der Waals surface area (Å²) >= 11 is 0.711. The number of carbonyl (C=O) groups is 4. The monoisotopic (exact) mass is 557 g/mol. The van der Waals surface area contributed by atoms with Crippen molar-refractivity contribution in [3.8, 4) is 0 Å². The van der Waals surface area contributed by atoms with Gasteiger partial charge < -0.3 is 15.5 Å². The molecule has 2 N–H and O–H groups in total. The number of piperidine rings is 1. The lowest BCUT2D eigenvalue weighted by Gasteiger charge is -2.30. The maximum absolute atomic E-state index is 13.6. The van der Waals surface area contributed by atoms with Crippen LogP contribution in [0.3, 0.4) is 0 Å². The third-order valence-corrected chi connectivity index (χ3v) is 7.67. The Morgan fingerprint density at radius 1 is 1.05 bits per heavy atom. The molecule has 206 valence electrons. The van der Waals surface area contributed by atoms with Gasteiger partial charge in [-0.1, -0.05) is 0 Å². The molecule has 4 rings (SSSR count). The molecule has 9 nitrogen and oxygen atoms in total. The predicted octanol–water partition coefficient (Wildman–Crippen LogP) is 2.05. The number of alkyl halides is 3. The minimum atomic E-state index is -4.82. The van der Waals surface area contributed by atoms with E-state index in [1.165, 1.54) is 4.90 Å². The second kappa shape index (κ2) is 11.8. The third-order valence-electron chi connectivity index (χ3n) is 6.60. The number of piperazine rings is 1. The molecule has 0 saturated carbocycles. The van der Waals surface area contributed by atoms with E-state index in [1.807, 2.05) is 0 Å². The first kappa shape index (κ1) is 28.0. The Morgan fingerprint density at radius 2 is 1.74 bits per heavy atom. The second-order valence-electron chi connectivity index (χ2n) is 9.11. The fourth-order valence-electron chi connectivity index (χ4n) is 4.56. The molecule has 0 aromatic heterocycles. The molecule has 3 heterocycles. The van der Waals surface area contributed by atoms with Crippen molar-refractivity contribution >= 4 is 34.7 Å². The summed E-state index contributed by atoms with van der Waals surface area (Å²) in [6.07, 6.45) is -4.50. The van der Waals surface area contributed by atoms with E-state index in [1.54, 1.807) is 0 Å². The highest BCUT2D eigenvalue weighted by Gasteiger charge is 2.40. The highest BCUT2D eigenvalue weighted by atomic mass is 32.2. The van der Waals surface area contributed by atoms with E-state index in [2.05, 4.69) is 15.5 Å². The van der Waals surface area contributed by atoms with Crippen LogP contribution in [-0.4, -0.2) is 96.6 Å². The number of nitrogens with one attached hydrogen (secondary N) is 2. The van der Waals surface area contributed by atoms with Gasteiger partial charge in [-0.15, -0.1) is 0 Å². The Morgan fingerprint density at radius 3 is 2.39 bits per heavy atom. The van der Waals surface area contributed by atoms with Gasteiger partial charge in [0.1, 0.15) is 12.4 Å². The lowest BCUT2D eigenvalue weighted by atomic mass is 10.00. The van der Waals surface area contributed by atoms with Gasteiger partial charge in [-0.3, -0.25) is 29.0 Å². The third kappa shape index (κ3) is 6.53. The van der Waals surface area contributed by atoms with Crippen LogP contribution in [0.15, 0.2) is 28.7 Å². The molecule has 1 aromatic rings.